The molecule has 0 saturated carbocycles. The monoisotopic (exact) mass is 197 g/mol. The first kappa shape index (κ1) is 8.03. The summed E-state index contributed by atoms with van der Waals surface area (Å²) in [7, 11) is 0. The van der Waals surface area contributed by atoms with Gasteiger partial charge in [-0.05, 0) is 14.9 Å². The number of rotatable bonds is 2. The van der Waals surface area contributed by atoms with Crippen LogP contribution in [0.5, 0.6) is 0 Å². The Balaban J connectivity index is 2.38. The predicted molar refractivity (Wildman–Crippen MR) is 39.5 cm³/mol. The van der Waals surface area contributed by atoms with Gasteiger partial charge >= 0.3 is 11.8 Å². The summed E-state index contributed by atoms with van der Waals surface area (Å²) in [6.07, 6.45) is 0.969. The van der Waals surface area contributed by atoms with E-state index in [-0.39, 0.29) is 5.95 Å². The molecule has 0 bridgehead atoms. The summed E-state index contributed by atoms with van der Waals surface area (Å²) in [6, 6.07) is 0. The first-order valence-corrected chi connectivity index (χ1v) is 3.29. The van der Waals surface area contributed by atoms with Crippen LogP contribution in [-0.2, 0) is 0 Å². The standard InChI is InChI=1S/C3H3N9O2/c4-12-8-3(6-9-12)10-5-1-2(7-10)11(13)14/h1H,4H2. The van der Waals surface area contributed by atoms with Gasteiger partial charge in [0.2, 0.25) is 0 Å². The summed E-state index contributed by atoms with van der Waals surface area (Å²) < 4.78 is 0. The number of hydrogen-bond donors (Lipinski definition) is 1. The molecule has 0 amide bonds. The van der Waals surface area contributed by atoms with Crippen molar-refractivity contribution in [1.29, 1.82) is 0 Å². The van der Waals surface area contributed by atoms with Crippen molar-refractivity contribution in [3.05, 3.63) is 16.3 Å². The minimum atomic E-state index is -0.684. The Kier molecular flexibility index (Phi) is 1.56. The molecule has 0 aliphatic carbocycles. The van der Waals surface area contributed by atoms with Crippen LogP contribution >= 0.6 is 0 Å². The predicted octanol–water partition coefficient (Wildman–Crippen LogP) is -2.12. The SMILES string of the molecule is Nn1nnc(-n2ncc([N+](=O)[O-])n2)n1. The molecule has 2 aromatic heterocycles. The highest BCUT2D eigenvalue weighted by molar-refractivity contribution is 5.12. The van der Waals surface area contributed by atoms with E-state index in [1.807, 2.05) is 0 Å². The van der Waals surface area contributed by atoms with E-state index >= 15 is 0 Å². The smallest absolute Gasteiger partial charge is 0.358 e. The fourth-order valence-corrected chi connectivity index (χ4v) is 0.732. The second-order valence-corrected chi connectivity index (χ2v) is 2.16. The molecule has 0 saturated heterocycles. The molecule has 11 nitrogen and oxygen atoms in total. The molecule has 2 heterocycles. The lowest BCUT2D eigenvalue weighted by Crippen LogP contribution is -2.12. The Labute approximate surface area is 75.2 Å². The third kappa shape index (κ3) is 1.21. The molecule has 0 unspecified atom stereocenters. The Hall–Kier alpha value is -2.59. The number of tetrazole rings is 1. The minimum Gasteiger partial charge on any atom is -0.358 e. The molecule has 0 aromatic carbocycles. The summed E-state index contributed by atoms with van der Waals surface area (Å²) in [5.41, 5.74) is 0. The Bertz CT molecular complexity index is 470. The number of aromatic nitrogens is 7. The number of nitrogen functional groups attached to an aromatic ring is 1. The van der Waals surface area contributed by atoms with Crippen molar-refractivity contribution in [3.63, 3.8) is 0 Å². The van der Waals surface area contributed by atoms with Crippen molar-refractivity contribution >= 4 is 5.82 Å². The van der Waals surface area contributed by atoms with E-state index in [0.29, 0.717) is 4.91 Å². The quantitative estimate of drug-likeness (QED) is 0.326. The Morgan fingerprint density at radius 2 is 2.29 bits per heavy atom. The van der Waals surface area contributed by atoms with Gasteiger partial charge in [-0.1, -0.05) is 15.1 Å². The molecule has 0 aliphatic heterocycles. The number of nitrogens with two attached hydrogens (primary N) is 1. The molecule has 0 atom stereocenters. The van der Waals surface area contributed by atoms with E-state index in [9.17, 15) is 10.1 Å². The highest BCUT2D eigenvalue weighted by Gasteiger charge is 2.16. The second-order valence-electron chi connectivity index (χ2n) is 2.16. The zero-order valence-electron chi connectivity index (χ0n) is 6.55. The maximum absolute atomic E-state index is 10.3. The maximum atomic E-state index is 10.3. The van der Waals surface area contributed by atoms with Crippen LogP contribution < -0.4 is 5.84 Å². The van der Waals surface area contributed by atoms with Gasteiger partial charge in [0.15, 0.2) is 6.20 Å². The fraction of sp³-hybridized carbons (Fsp3) is 0. The minimum absolute atomic E-state index is 0.0411. The van der Waals surface area contributed by atoms with Gasteiger partial charge in [-0.2, -0.15) is 0 Å². The molecule has 2 N–H and O–H groups in total. The van der Waals surface area contributed by atoms with Crippen molar-refractivity contribution in [3.8, 4) is 5.95 Å². The van der Waals surface area contributed by atoms with Gasteiger partial charge in [0.05, 0.1) is 5.10 Å². The van der Waals surface area contributed by atoms with E-state index in [2.05, 4.69) is 25.6 Å². The lowest BCUT2D eigenvalue weighted by atomic mass is 10.8. The van der Waals surface area contributed by atoms with Crippen LogP contribution in [0.3, 0.4) is 0 Å². The van der Waals surface area contributed by atoms with Crippen LogP contribution in [0.25, 0.3) is 5.95 Å². The highest BCUT2D eigenvalue weighted by atomic mass is 16.6. The number of nitro groups is 1. The van der Waals surface area contributed by atoms with E-state index in [1.165, 1.54) is 0 Å². The van der Waals surface area contributed by atoms with Gasteiger partial charge in [-0.3, -0.25) is 0 Å². The third-order valence-corrected chi connectivity index (χ3v) is 1.26. The first-order chi connectivity index (χ1) is 6.66. The van der Waals surface area contributed by atoms with E-state index in [4.69, 9.17) is 5.84 Å². The van der Waals surface area contributed by atoms with Crippen molar-refractivity contribution in [2.75, 3.05) is 5.84 Å². The highest BCUT2D eigenvalue weighted by Crippen LogP contribution is 2.03. The molecular formula is C3H3N9O2. The van der Waals surface area contributed by atoms with Gasteiger partial charge in [0.25, 0.3) is 0 Å². The summed E-state index contributed by atoms with van der Waals surface area (Å²) in [5, 5.41) is 27.6. The van der Waals surface area contributed by atoms with Crippen molar-refractivity contribution in [2.45, 2.75) is 0 Å². The molecule has 0 aliphatic rings. The Morgan fingerprint density at radius 1 is 1.50 bits per heavy atom. The van der Waals surface area contributed by atoms with Crippen molar-refractivity contribution in [2.24, 2.45) is 0 Å². The van der Waals surface area contributed by atoms with Gasteiger partial charge in [-0.15, -0.1) is 5.10 Å². The molecule has 0 radical (unpaired) electrons. The fourth-order valence-electron chi connectivity index (χ4n) is 0.732. The number of nitrogens with zero attached hydrogens (tertiary/aromatic N) is 8. The van der Waals surface area contributed by atoms with Crippen LogP contribution in [0.1, 0.15) is 0 Å². The molecular weight excluding hydrogens is 194 g/mol. The van der Waals surface area contributed by atoms with Crippen LogP contribution in [0, 0.1) is 10.1 Å². The van der Waals surface area contributed by atoms with Gasteiger partial charge in [0.1, 0.15) is 0 Å². The van der Waals surface area contributed by atoms with Crippen molar-refractivity contribution < 1.29 is 4.92 Å². The number of hydrogen-bond acceptors (Lipinski definition) is 8. The summed E-state index contributed by atoms with van der Waals surface area (Å²) >= 11 is 0. The van der Waals surface area contributed by atoms with E-state index < -0.39 is 10.7 Å². The molecule has 0 fully saturated rings. The molecule has 72 valence electrons. The molecule has 2 rings (SSSR count). The third-order valence-electron chi connectivity index (χ3n) is 1.26. The summed E-state index contributed by atoms with van der Waals surface area (Å²) in [4.78, 5) is 11.1. The Morgan fingerprint density at radius 3 is 2.79 bits per heavy atom. The molecule has 14 heavy (non-hydrogen) atoms. The normalized spacial score (nSPS) is 10.3. The van der Waals surface area contributed by atoms with Crippen LogP contribution in [-0.4, -0.2) is 40.2 Å². The first-order valence-electron chi connectivity index (χ1n) is 3.29. The average Bonchev–Trinajstić information content (AvgIpc) is 2.70. The maximum Gasteiger partial charge on any atom is 0.410 e. The lowest BCUT2D eigenvalue weighted by molar-refractivity contribution is -0.389. The van der Waals surface area contributed by atoms with Crippen LogP contribution in [0.4, 0.5) is 5.82 Å². The summed E-state index contributed by atoms with van der Waals surface area (Å²) in [5.74, 6) is 4.67. The molecule has 2 aromatic rings. The van der Waals surface area contributed by atoms with E-state index in [0.717, 1.165) is 11.0 Å². The second kappa shape index (κ2) is 2.72. The van der Waals surface area contributed by atoms with Crippen molar-refractivity contribution in [1.82, 2.24) is 35.3 Å². The van der Waals surface area contributed by atoms with Crippen LogP contribution in [0.15, 0.2) is 6.20 Å². The van der Waals surface area contributed by atoms with E-state index in [1.54, 1.807) is 0 Å². The lowest BCUT2D eigenvalue weighted by Gasteiger charge is -1.82. The average molecular weight is 197 g/mol. The summed E-state index contributed by atoms with van der Waals surface area (Å²) in [6.45, 7) is 0. The topological polar surface area (TPSA) is 143 Å². The molecule has 0 spiro atoms. The van der Waals surface area contributed by atoms with Gasteiger partial charge < -0.3 is 16.0 Å². The largest absolute Gasteiger partial charge is 0.410 e. The van der Waals surface area contributed by atoms with Gasteiger partial charge in [-0.25, -0.2) is 0 Å². The molecule has 11 heteroatoms. The van der Waals surface area contributed by atoms with Crippen LogP contribution in [0.2, 0.25) is 0 Å². The zero-order valence-corrected chi connectivity index (χ0v) is 6.55. The zero-order chi connectivity index (χ0) is 10.1. The van der Waals surface area contributed by atoms with Gasteiger partial charge in [0, 0.05) is 0 Å².